The molecule has 2 unspecified atom stereocenters. The standard InChI is InChI=1S/C35H36F3N3O6/c1-45-25-10-12-26(13-11-25)47-20-40(23-8-9-23)34(42)31-27(17-24-18-39-19-30(31)41(24)35(43)44)22-6-4-21(5-7-22)3-2-16-46-33-29(37)15-14-28(36)32(33)38/h4-7,10-15,23-24,30,39H,2-3,8-9,16-20H2,1H3,(H,43,44). The molecule has 2 bridgehead atoms. The molecule has 0 aromatic heterocycles. The van der Waals surface area contributed by atoms with E-state index in [9.17, 15) is 27.9 Å². The third-order valence-electron chi connectivity index (χ3n) is 8.83. The molecular weight excluding hydrogens is 615 g/mol. The molecule has 2 heterocycles. The molecule has 3 aromatic rings. The van der Waals surface area contributed by atoms with E-state index in [1.165, 1.54) is 4.90 Å². The first kappa shape index (κ1) is 32.2. The maximum atomic E-state index is 14.4. The van der Waals surface area contributed by atoms with Gasteiger partial charge in [-0.3, -0.25) is 9.69 Å². The van der Waals surface area contributed by atoms with E-state index < -0.39 is 35.3 Å². The molecule has 3 aliphatic rings. The number of carbonyl (C=O) groups is 2. The fourth-order valence-electron chi connectivity index (χ4n) is 6.28. The predicted molar refractivity (Wildman–Crippen MR) is 167 cm³/mol. The molecule has 12 heteroatoms. The van der Waals surface area contributed by atoms with Gasteiger partial charge in [0.25, 0.3) is 5.91 Å². The number of fused-ring (bicyclic) bond motifs is 2. The van der Waals surface area contributed by atoms with Crippen molar-refractivity contribution < 1.29 is 42.1 Å². The summed E-state index contributed by atoms with van der Waals surface area (Å²) >= 11 is 0. The van der Waals surface area contributed by atoms with Crippen molar-refractivity contribution in [1.82, 2.24) is 15.1 Å². The number of benzene rings is 3. The van der Waals surface area contributed by atoms with Gasteiger partial charge in [-0.05, 0) is 85.2 Å². The van der Waals surface area contributed by atoms with Crippen LogP contribution in [0.1, 0.15) is 36.8 Å². The van der Waals surface area contributed by atoms with Crippen LogP contribution in [-0.2, 0) is 11.2 Å². The monoisotopic (exact) mass is 651 g/mol. The molecular formula is C35H36F3N3O6. The van der Waals surface area contributed by atoms with E-state index in [0.29, 0.717) is 55.5 Å². The molecule has 9 nitrogen and oxygen atoms in total. The zero-order valence-corrected chi connectivity index (χ0v) is 25.9. The second-order valence-electron chi connectivity index (χ2n) is 11.9. The minimum Gasteiger partial charge on any atom is -0.497 e. The van der Waals surface area contributed by atoms with Gasteiger partial charge in [-0.25, -0.2) is 13.6 Å². The Balaban J connectivity index is 1.21. The Bertz CT molecular complexity index is 1650. The number of nitrogens with zero attached hydrogens (tertiary/aromatic N) is 2. The van der Waals surface area contributed by atoms with E-state index >= 15 is 0 Å². The van der Waals surface area contributed by atoms with Gasteiger partial charge in [-0.15, -0.1) is 0 Å². The third-order valence-corrected chi connectivity index (χ3v) is 8.83. The highest BCUT2D eigenvalue weighted by molar-refractivity contribution is 6.04. The molecule has 47 heavy (non-hydrogen) atoms. The Morgan fingerprint density at radius 1 is 0.936 bits per heavy atom. The molecule has 1 saturated heterocycles. The number of hydrogen-bond donors (Lipinski definition) is 2. The highest BCUT2D eigenvalue weighted by atomic mass is 19.2. The maximum absolute atomic E-state index is 14.4. The van der Waals surface area contributed by atoms with Crippen LogP contribution in [0.4, 0.5) is 18.0 Å². The topological polar surface area (TPSA) is 101 Å². The van der Waals surface area contributed by atoms with Crippen molar-refractivity contribution in [3.63, 3.8) is 0 Å². The van der Waals surface area contributed by atoms with Crippen LogP contribution in [0.5, 0.6) is 17.2 Å². The Hall–Kier alpha value is -4.71. The van der Waals surface area contributed by atoms with Crippen molar-refractivity contribution in [2.45, 2.75) is 50.2 Å². The number of carboxylic acid groups (broad SMARTS) is 1. The van der Waals surface area contributed by atoms with Gasteiger partial charge in [0.15, 0.2) is 24.1 Å². The van der Waals surface area contributed by atoms with E-state index in [2.05, 4.69) is 5.32 Å². The molecule has 248 valence electrons. The lowest BCUT2D eigenvalue weighted by molar-refractivity contribution is -0.131. The minimum atomic E-state index is -1.35. The van der Waals surface area contributed by atoms with Crippen LogP contribution in [0.15, 0.2) is 66.2 Å². The van der Waals surface area contributed by atoms with Gasteiger partial charge < -0.3 is 29.5 Å². The van der Waals surface area contributed by atoms with Crippen LogP contribution in [0, 0.1) is 17.5 Å². The molecule has 2 fully saturated rings. The number of carbonyl (C=O) groups excluding carboxylic acids is 1. The van der Waals surface area contributed by atoms with Gasteiger partial charge >= 0.3 is 6.09 Å². The number of nitrogens with one attached hydrogen (secondary N) is 1. The van der Waals surface area contributed by atoms with Crippen molar-refractivity contribution in [2.75, 3.05) is 33.5 Å². The number of methoxy groups -OCH3 is 1. The number of rotatable bonds is 12. The van der Waals surface area contributed by atoms with Gasteiger partial charge in [0.2, 0.25) is 5.82 Å². The highest BCUT2D eigenvalue weighted by Gasteiger charge is 2.46. The van der Waals surface area contributed by atoms with Crippen LogP contribution >= 0.6 is 0 Å². The van der Waals surface area contributed by atoms with Crippen molar-refractivity contribution in [3.8, 4) is 17.2 Å². The Morgan fingerprint density at radius 3 is 2.32 bits per heavy atom. The Labute approximate surface area is 270 Å². The molecule has 3 aromatic carbocycles. The second-order valence-corrected chi connectivity index (χ2v) is 11.9. The quantitative estimate of drug-likeness (QED) is 0.149. The van der Waals surface area contributed by atoms with Crippen LogP contribution in [0.2, 0.25) is 0 Å². The van der Waals surface area contributed by atoms with Crippen molar-refractivity contribution in [1.29, 1.82) is 0 Å². The summed E-state index contributed by atoms with van der Waals surface area (Å²) in [4.78, 5) is 29.9. The molecule has 1 saturated carbocycles. The fourth-order valence-corrected chi connectivity index (χ4v) is 6.28. The van der Waals surface area contributed by atoms with Gasteiger partial charge in [-0.1, -0.05) is 24.3 Å². The fraction of sp³-hybridized carbons (Fsp3) is 0.371. The van der Waals surface area contributed by atoms with Crippen molar-refractivity contribution >= 4 is 17.6 Å². The van der Waals surface area contributed by atoms with Crippen LogP contribution in [0.3, 0.4) is 0 Å². The van der Waals surface area contributed by atoms with Crippen LogP contribution < -0.4 is 19.5 Å². The molecule has 6 rings (SSSR count). The summed E-state index contributed by atoms with van der Waals surface area (Å²) in [5.41, 5.74) is 3.02. The lowest BCUT2D eigenvalue weighted by Gasteiger charge is -2.47. The van der Waals surface area contributed by atoms with E-state index in [1.807, 2.05) is 24.3 Å². The second kappa shape index (κ2) is 14.0. The summed E-state index contributed by atoms with van der Waals surface area (Å²) in [6.07, 6.45) is 1.94. The third kappa shape index (κ3) is 7.02. The van der Waals surface area contributed by atoms with Crippen LogP contribution in [0.25, 0.3) is 5.57 Å². The lowest BCUT2D eigenvalue weighted by atomic mass is 9.81. The van der Waals surface area contributed by atoms with Crippen molar-refractivity contribution in [2.24, 2.45) is 0 Å². The first-order valence-electron chi connectivity index (χ1n) is 15.6. The first-order valence-corrected chi connectivity index (χ1v) is 15.6. The molecule has 0 spiro atoms. The molecule has 0 radical (unpaired) electrons. The maximum Gasteiger partial charge on any atom is 0.408 e. The Kier molecular flexibility index (Phi) is 9.58. The SMILES string of the molecule is COc1ccc(OCN(C(=O)C2=C(c3ccc(CCCOc4c(F)ccc(F)c4F)cc3)CC3CNCC2N3C(=O)O)C2CC2)cc1. The lowest BCUT2D eigenvalue weighted by Crippen LogP contribution is -2.63. The van der Waals surface area contributed by atoms with Gasteiger partial charge in [-0.2, -0.15) is 4.39 Å². The zero-order valence-electron chi connectivity index (χ0n) is 25.9. The van der Waals surface area contributed by atoms with E-state index in [4.69, 9.17) is 14.2 Å². The molecule has 2 atom stereocenters. The largest absolute Gasteiger partial charge is 0.497 e. The average Bonchev–Trinajstić information content (AvgIpc) is 3.92. The summed E-state index contributed by atoms with van der Waals surface area (Å²) in [7, 11) is 1.58. The summed E-state index contributed by atoms with van der Waals surface area (Å²) < 4.78 is 57.7. The summed E-state index contributed by atoms with van der Waals surface area (Å²) in [6, 6.07) is 15.3. The minimum absolute atomic E-state index is 0.000901. The van der Waals surface area contributed by atoms with E-state index in [0.717, 1.165) is 35.6 Å². The highest BCUT2D eigenvalue weighted by Crippen LogP contribution is 2.39. The van der Waals surface area contributed by atoms with E-state index in [-0.39, 0.29) is 31.3 Å². The van der Waals surface area contributed by atoms with Gasteiger partial charge in [0, 0.05) is 24.7 Å². The van der Waals surface area contributed by atoms with Crippen LogP contribution in [-0.4, -0.2) is 78.6 Å². The first-order chi connectivity index (χ1) is 22.7. The Morgan fingerprint density at radius 2 is 1.64 bits per heavy atom. The predicted octanol–water partition coefficient (Wildman–Crippen LogP) is 5.63. The molecule has 1 aliphatic carbocycles. The van der Waals surface area contributed by atoms with E-state index in [1.54, 1.807) is 36.3 Å². The number of aryl methyl sites for hydroxylation is 1. The number of piperazine rings is 1. The molecule has 2 aliphatic heterocycles. The smallest absolute Gasteiger partial charge is 0.408 e. The summed E-state index contributed by atoms with van der Waals surface area (Å²) in [5, 5.41) is 13.5. The number of halogens is 3. The molecule has 2 amide bonds. The normalized spacial score (nSPS) is 18.9. The molecule has 2 N–H and O–H groups in total. The van der Waals surface area contributed by atoms with Gasteiger partial charge in [0.05, 0.1) is 25.8 Å². The summed E-state index contributed by atoms with van der Waals surface area (Å²) in [5.74, 6) is -3.20. The number of hydrogen-bond acceptors (Lipinski definition) is 6. The zero-order chi connectivity index (χ0) is 33.1. The summed E-state index contributed by atoms with van der Waals surface area (Å²) in [6.45, 7) is 0.800. The average molecular weight is 652 g/mol. The van der Waals surface area contributed by atoms with Crippen molar-refractivity contribution in [3.05, 3.63) is 94.8 Å². The number of ether oxygens (including phenoxy) is 3. The number of amides is 2. The van der Waals surface area contributed by atoms with Gasteiger partial charge in [0.1, 0.15) is 11.5 Å².